The summed E-state index contributed by atoms with van der Waals surface area (Å²) in [6.07, 6.45) is 7.79. The molecule has 102 valence electrons. The lowest BCUT2D eigenvalue weighted by molar-refractivity contribution is 0.196. The third-order valence-corrected chi connectivity index (χ3v) is 3.49. The third kappa shape index (κ3) is 4.80. The fourth-order valence-corrected chi connectivity index (χ4v) is 2.21. The summed E-state index contributed by atoms with van der Waals surface area (Å²) < 4.78 is 6.61. The summed E-state index contributed by atoms with van der Waals surface area (Å²) in [5, 5.41) is 2.99. The minimum Gasteiger partial charge on any atom is -0.474 e. The average Bonchev–Trinajstić information content (AvgIpc) is 2.37. The Morgan fingerprint density at radius 2 is 2.11 bits per heavy atom. The molecule has 1 N–H and O–H groups in total. The van der Waals surface area contributed by atoms with Gasteiger partial charge in [0.05, 0.1) is 6.10 Å². The number of unbranched alkanes of at least 4 members (excludes halogenated alkanes) is 3. The summed E-state index contributed by atoms with van der Waals surface area (Å²) in [6, 6.07) is 0. The van der Waals surface area contributed by atoms with Crippen molar-refractivity contribution in [2.45, 2.75) is 52.1 Å². The lowest BCUT2D eigenvalue weighted by atomic mass is 10.1. The van der Waals surface area contributed by atoms with E-state index in [9.17, 15) is 0 Å². The van der Waals surface area contributed by atoms with E-state index in [1.807, 2.05) is 7.05 Å². The van der Waals surface area contributed by atoms with Crippen molar-refractivity contribution in [1.29, 1.82) is 0 Å². The van der Waals surface area contributed by atoms with Crippen LogP contribution in [0.4, 0.5) is 5.82 Å². The van der Waals surface area contributed by atoms with Crippen molar-refractivity contribution < 1.29 is 4.74 Å². The van der Waals surface area contributed by atoms with Gasteiger partial charge in [0.15, 0.2) is 0 Å². The van der Waals surface area contributed by atoms with Crippen LogP contribution in [-0.4, -0.2) is 23.1 Å². The molecule has 1 rings (SSSR count). The largest absolute Gasteiger partial charge is 0.474 e. The van der Waals surface area contributed by atoms with Crippen LogP contribution in [0, 0.1) is 0 Å². The fraction of sp³-hybridized carbons (Fsp3) is 0.692. The number of ether oxygens (including phenoxy) is 1. The van der Waals surface area contributed by atoms with Gasteiger partial charge in [-0.25, -0.2) is 9.97 Å². The van der Waals surface area contributed by atoms with E-state index < -0.39 is 0 Å². The van der Waals surface area contributed by atoms with E-state index in [4.69, 9.17) is 4.74 Å². The van der Waals surface area contributed by atoms with E-state index in [-0.39, 0.29) is 6.10 Å². The van der Waals surface area contributed by atoms with E-state index in [1.165, 1.54) is 32.0 Å². The SMILES string of the molecule is CCCCCCC(C)Oc1ncnc(NC)c1Br. The monoisotopic (exact) mass is 315 g/mol. The Kier molecular flexibility index (Phi) is 7.01. The molecule has 0 saturated carbocycles. The lowest BCUT2D eigenvalue weighted by Gasteiger charge is -2.15. The van der Waals surface area contributed by atoms with Gasteiger partial charge < -0.3 is 10.1 Å². The number of nitrogens with one attached hydrogen (secondary N) is 1. The van der Waals surface area contributed by atoms with Crippen molar-refractivity contribution in [2.75, 3.05) is 12.4 Å². The number of hydrogen-bond acceptors (Lipinski definition) is 4. The van der Waals surface area contributed by atoms with Gasteiger partial charge in [-0.2, -0.15) is 0 Å². The summed E-state index contributed by atoms with van der Waals surface area (Å²) in [5.41, 5.74) is 0. The third-order valence-electron chi connectivity index (χ3n) is 2.77. The molecule has 0 aliphatic carbocycles. The van der Waals surface area contributed by atoms with Crippen molar-refractivity contribution in [3.05, 3.63) is 10.8 Å². The second-order valence-corrected chi connectivity index (χ2v) is 5.16. The molecule has 4 nitrogen and oxygen atoms in total. The molecule has 0 aromatic carbocycles. The molecule has 1 aromatic heterocycles. The highest BCUT2D eigenvalue weighted by molar-refractivity contribution is 9.10. The first kappa shape index (κ1) is 15.2. The summed E-state index contributed by atoms with van der Waals surface area (Å²) in [5.74, 6) is 1.36. The first-order chi connectivity index (χ1) is 8.69. The Hall–Kier alpha value is -0.840. The highest BCUT2D eigenvalue weighted by atomic mass is 79.9. The molecule has 0 bridgehead atoms. The molecule has 18 heavy (non-hydrogen) atoms. The maximum atomic E-state index is 5.83. The van der Waals surface area contributed by atoms with Crippen LogP contribution in [0.2, 0.25) is 0 Å². The minimum atomic E-state index is 0.178. The first-order valence-corrected chi connectivity index (χ1v) is 7.33. The van der Waals surface area contributed by atoms with Gasteiger partial charge in [0.1, 0.15) is 16.6 Å². The van der Waals surface area contributed by atoms with Crippen LogP contribution >= 0.6 is 15.9 Å². The average molecular weight is 316 g/mol. The van der Waals surface area contributed by atoms with Crippen LogP contribution in [0.15, 0.2) is 10.8 Å². The maximum Gasteiger partial charge on any atom is 0.233 e. The Labute approximate surface area is 118 Å². The zero-order chi connectivity index (χ0) is 13.4. The van der Waals surface area contributed by atoms with Crippen LogP contribution in [0.25, 0.3) is 0 Å². The van der Waals surface area contributed by atoms with E-state index in [0.717, 1.165) is 16.7 Å². The second kappa shape index (κ2) is 8.29. The van der Waals surface area contributed by atoms with Gasteiger partial charge in [-0.3, -0.25) is 0 Å². The van der Waals surface area contributed by atoms with Gasteiger partial charge in [-0.15, -0.1) is 0 Å². The number of anilines is 1. The van der Waals surface area contributed by atoms with Crippen molar-refractivity contribution in [2.24, 2.45) is 0 Å². The second-order valence-electron chi connectivity index (χ2n) is 4.37. The molecule has 0 fully saturated rings. The van der Waals surface area contributed by atoms with Gasteiger partial charge in [0, 0.05) is 7.05 Å². The number of nitrogens with zero attached hydrogens (tertiary/aromatic N) is 2. The highest BCUT2D eigenvalue weighted by Crippen LogP contribution is 2.29. The van der Waals surface area contributed by atoms with Crippen LogP contribution in [0.1, 0.15) is 46.0 Å². The zero-order valence-corrected chi connectivity index (χ0v) is 13.0. The van der Waals surface area contributed by atoms with Crippen LogP contribution in [0.3, 0.4) is 0 Å². The van der Waals surface area contributed by atoms with Crippen LogP contribution in [-0.2, 0) is 0 Å². The Balaban J connectivity index is 2.46. The Morgan fingerprint density at radius 1 is 1.33 bits per heavy atom. The van der Waals surface area contributed by atoms with E-state index in [2.05, 4.69) is 45.1 Å². The molecular formula is C13H22BrN3O. The standard InChI is InChI=1S/C13H22BrN3O/c1-4-5-6-7-8-10(2)18-13-11(14)12(15-3)16-9-17-13/h9-10H,4-8H2,1-3H3,(H,15,16,17). The maximum absolute atomic E-state index is 5.83. The number of halogens is 1. The molecule has 0 spiro atoms. The molecule has 0 radical (unpaired) electrons. The normalized spacial score (nSPS) is 12.2. The van der Waals surface area contributed by atoms with E-state index in [1.54, 1.807) is 0 Å². The van der Waals surface area contributed by atoms with Gasteiger partial charge in [0.2, 0.25) is 5.88 Å². The molecule has 0 aliphatic rings. The molecule has 5 heteroatoms. The lowest BCUT2D eigenvalue weighted by Crippen LogP contribution is -2.13. The number of aromatic nitrogens is 2. The zero-order valence-electron chi connectivity index (χ0n) is 11.4. The topological polar surface area (TPSA) is 47.0 Å². The highest BCUT2D eigenvalue weighted by Gasteiger charge is 2.11. The van der Waals surface area contributed by atoms with Gasteiger partial charge in [0.25, 0.3) is 0 Å². The van der Waals surface area contributed by atoms with Gasteiger partial charge >= 0.3 is 0 Å². The summed E-state index contributed by atoms with van der Waals surface area (Å²) in [6.45, 7) is 4.30. The molecule has 0 aliphatic heterocycles. The van der Waals surface area contributed by atoms with Crippen molar-refractivity contribution >= 4 is 21.7 Å². The molecular weight excluding hydrogens is 294 g/mol. The molecule has 1 unspecified atom stereocenters. The Morgan fingerprint density at radius 3 is 2.78 bits per heavy atom. The first-order valence-electron chi connectivity index (χ1n) is 6.54. The van der Waals surface area contributed by atoms with E-state index >= 15 is 0 Å². The summed E-state index contributed by atoms with van der Waals surface area (Å²) >= 11 is 3.45. The van der Waals surface area contributed by atoms with Crippen LogP contribution in [0.5, 0.6) is 5.88 Å². The van der Waals surface area contributed by atoms with Crippen LogP contribution < -0.4 is 10.1 Å². The number of hydrogen-bond donors (Lipinski definition) is 1. The Bertz CT molecular complexity index is 360. The predicted octanol–water partition coefficient (Wildman–Crippen LogP) is 4.02. The van der Waals surface area contributed by atoms with E-state index in [0.29, 0.717) is 5.88 Å². The predicted molar refractivity (Wildman–Crippen MR) is 78.1 cm³/mol. The number of rotatable bonds is 8. The van der Waals surface area contributed by atoms with Crippen molar-refractivity contribution in [3.63, 3.8) is 0 Å². The fourth-order valence-electron chi connectivity index (χ4n) is 1.72. The molecule has 0 amide bonds. The molecule has 1 aromatic rings. The molecule has 0 saturated heterocycles. The summed E-state index contributed by atoms with van der Waals surface area (Å²) in [4.78, 5) is 8.25. The minimum absolute atomic E-state index is 0.178. The quantitative estimate of drug-likeness (QED) is 0.736. The van der Waals surface area contributed by atoms with Crippen molar-refractivity contribution in [3.8, 4) is 5.88 Å². The smallest absolute Gasteiger partial charge is 0.233 e. The van der Waals surface area contributed by atoms with Gasteiger partial charge in [-0.1, -0.05) is 26.2 Å². The van der Waals surface area contributed by atoms with Crippen molar-refractivity contribution in [1.82, 2.24) is 9.97 Å². The van der Waals surface area contributed by atoms with Gasteiger partial charge in [-0.05, 0) is 35.7 Å². The molecule has 1 atom stereocenters. The summed E-state index contributed by atoms with van der Waals surface area (Å²) in [7, 11) is 1.82. The molecule has 1 heterocycles.